The Labute approximate surface area is 162 Å². The van der Waals surface area contributed by atoms with Crippen LogP contribution in [0.1, 0.15) is 69.8 Å². The molecule has 27 heavy (non-hydrogen) atoms. The molecule has 1 aromatic heterocycles. The second-order valence-corrected chi connectivity index (χ2v) is 9.81. The van der Waals surface area contributed by atoms with Gasteiger partial charge in [0, 0.05) is 30.3 Å². The molecule has 0 spiro atoms. The summed E-state index contributed by atoms with van der Waals surface area (Å²) in [6.07, 6.45) is 4.70. The predicted octanol–water partition coefficient (Wildman–Crippen LogP) is 4.38. The number of nitrogens with zero attached hydrogens (tertiary/aromatic N) is 2. The van der Waals surface area contributed by atoms with E-state index < -0.39 is 0 Å². The number of carbonyl (C=O) groups excluding carboxylic acids is 1. The summed E-state index contributed by atoms with van der Waals surface area (Å²) in [7, 11) is 0. The SMILES string of the molecule is CC(C)(C)CN[C@@H]1C[C@H]1c1cccc(C(=O)Nc2cnn(C(C)(C)C)c2)c1. The first kappa shape index (κ1) is 19.6. The quantitative estimate of drug-likeness (QED) is 0.823. The highest BCUT2D eigenvalue weighted by molar-refractivity contribution is 6.04. The summed E-state index contributed by atoms with van der Waals surface area (Å²) in [6, 6.07) is 8.51. The van der Waals surface area contributed by atoms with E-state index in [2.05, 4.69) is 63.3 Å². The van der Waals surface area contributed by atoms with Crippen molar-refractivity contribution in [1.82, 2.24) is 15.1 Å². The minimum Gasteiger partial charge on any atom is -0.319 e. The summed E-state index contributed by atoms with van der Waals surface area (Å²) in [4.78, 5) is 12.6. The Morgan fingerprint density at radius 3 is 2.59 bits per heavy atom. The van der Waals surface area contributed by atoms with Crippen LogP contribution in [0, 0.1) is 5.41 Å². The minimum atomic E-state index is -0.107. The van der Waals surface area contributed by atoms with Crippen molar-refractivity contribution in [2.75, 3.05) is 11.9 Å². The molecule has 1 aliphatic rings. The zero-order valence-electron chi connectivity index (χ0n) is 17.3. The van der Waals surface area contributed by atoms with Crippen LogP contribution in [0.25, 0.3) is 0 Å². The fraction of sp³-hybridized carbons (Fsp3) is 0.545. The highest BCUT2D eigenvalue weighted by Gasteiger charge is 2.38. The topological polar surface area (TPSA) is 59.0 Å². The van der Waals surface area contributed by atoms with Gasteiger partial charge in [-0.15, -0.1) is 0 Å². The summed E-state index contributed by atoms with van der Waals surface area (Å²) in [6.45, 7) is 14.0. The number of benzene rings is 1. The van der Waals surface area contributed by atoms with E-state index in [0.717, 1.165) is 18.7 Å². The predicted molar refractivity (Wildman–Crippen MR) is 110 cm³/mol. The monoisotopic (exact) mass is 368 g/mol. The Hall–Kier alpha value is -2.14. The maximum absolute atomic E-state index is 12.6. The molecule has 1 fully saturated rings. The number of carbonyl (C=O) groups is 1. The average Bonchev–Trinajstić information content (AvgIpc) is 3.20. The number of hydrogen-bond donors (Lipinski definition) is 2. The second kappa shape index (κ2) is 7.12. The Bertz CT molecular complexity index is 810. The number of anilines is 1. The standard InChI is InChI=1S/C22H32N4O/c1-21(2,3)14-23-19-11-18(19)15-8-7-9-16(10-15)20(27)25-17-12-24-26(13-17)22(4,5)6/h7-10,12-13,18-19,23H,11,14H2,1-6H3,(H,25,27)/t18-,19+/m0/s1. The number of amides is 1. The Kier molecular flexibility index (Phi) is 5.17. The lowest BCUT2D eigenvalue weighted by Gasteiger charge is -2.19. The van der Waals surface area contributed by atoms with Crippen molar-refractivity contribution in [3.63, 3.8) is 0 Å². The molecule has 2 aromatic rings. The molecule has 2 N–H and O–H groups in total. The van der Waals surface area contributed by atoms with E-state index in [-0.39, 0.29) is 16.9 Å². The number of hydrogen-bond acceptors (Lipinski definition) is 3. The summed E-state index contributed by atoms with van der Waals surface area (Å²) >= 11 is 0. The third kappa shape index (κ3) is 5.19. The van der Waals surface area contributed by atoms with Crippen LogP contribution in [0.3, 0.4) is 0 Å². The van der Waals surface area contributed by atoms with Gasteiger partial charge in [-0.25, -0.2) is 0 Å². The largest absolute Gasteiger partial charge is 0.319 e. The van der Waals surface area contributed by atoms with E-state index in [9.17, 15) is 4.79 Å². The van der Waals surface area contributed by atoms with E-state index in [1.54, 1.807) is 6.20 Å². The fourth-order valence-electron chi connectivity index (χ4n) is 3.09. The van der Waals surface area contributed by atoms with Crippen molar-refractivity contribution in [1.29, 1.82) is 0 Å². The molecule has 1 amide bonds. The molecule has 146 valence electrons. The third-order valence-corrected chi connectivity index (χ3v) is 4.79. The highest BCUT2D eigenvalue weighted by Crippen LogP contribution is 2.41. The zero-order chi connectivity index (χ0) is 19.8. The van der Waals surface area contributed by atoms with Crippen LogP contribution in [-0.2, 0) is 5.54 Å². The number of nitrogens with one attached hydrogen (secondary N) is 2. The molecule has 0 unspecified atom stereocenters. The average molecular weight is 369 g/mol. The van der Waals surface area contributed by atoms with Crippen molar-refractivity contribution < 1.29 is 4.79 Å². The van der Waals surface area contributed by atoms with Crippen molar-refractivity contribution in [2.45, 2.75) is 65.5 Å². The Morgan fingerprint density at radius 2 is 1.96 bits per heavy atom. The first-order valence-electron chi connectivity index (χ1n) is 9.73. The summed E-state index contributed by atoms with van der Waals surface area (Å²) in [5, 5.41) is 10.9. The van der Waals surface area contributed by atoms with Crippen LogP contribution >= 0.6 is 0 Å². The summed E-state index contributed by atoms with van der Waals surface area (Å²) in [5.74, 6) is 0.411. The van der Waals surface area contributed by atoms with Crippen LogP contribution in [0.2, 0.25) is 0 Å². The molecule has 0 saturated heterocycles. The molecule has 0 radical (unpaired) electrons. The molecule has 0 bridgehead atoms. The lowest BCUT2D eigenvalue weighted by atomic mass is 9.97. The first-order valence-corrected chi connectivity index (χ1v) is 9.73. The van der Waals surface area contributed by atoms with Crippen molar-refractivity contribution >= 4 is 11.6 Å². The zero-order valence-corrected chi connectivity index (χ0v) is 17.3. The van der Waals surface area contributed by atoms with E-state index in [4.69, 9.17) is 0 Å². The number of aromatic nitrogens is 2. The van der Waals surface area contributed by atoms with E-state index in [0.29, 0.717) is 17.5 Å². The van der Waals surface area contributed by atoms with E-state index in [1.807, 2.05) is 29.1 Å². The van der Waals surface area contributed by atoms with Gasteiger partial charge in [0.2, 0.25) is 0 Å². The van der Waals surface area contributed by atoms with Crippen molar-refractivity contribution in [2.24, 2.45) is 5.41 Å². The fourth-order valence-corrected chi connectivity index (χ4v) is 3.09. The Balaban J connectivity index is 1.62. The van der Waals surface area contributed by atoms with E-state index in [1.165, 1.54) is 5.56 Å². The molecular formula is C22H32N4O. The van der Waals surface area contributed by atoms with Gasteiger partial charge < -0.3 is 10.6 Å². The summed E-state index contributed by atoms with van der Waals surface area (Å²) < 4.78 is 1.86. The van der Waals surface area contributed by atoms with Gasteiger partial charge in [-0.05, 0) is 50.3 Å². The van der Waals surface area contributed by atoms with Gasteiger partial charge >= 0.3 is 0 Å². The molecule has 1 aliphatic carbocycles. The summed E-state index contributed by atoms with van der Waals surface area (Å²) in [5.41, 5.74) is 2.82. The van der Waals surface area contributed by atoms with Gasteiger partial charge in [0.1, 0.15) is 0 Å². The molecule has 1 saturated carbocycles. The van der Waals surface area contributed by atoms with Crippen LogP contribution < -0.4 is 10.6 Å². The van der Waals surface area contributed by atoms with Crippen LogP contribution in [0.4, 0.5) is 5.69 Å². The van der Waals surface area contributed by atoms with Gasteiger partial charge in [0.05, 0.1) is 17.4 Å². The molecule has 2 atom stereocenters. The maximum atomic E-state index is 12.6. The molecule has 5 nitrogen and oxygen atoms in total. The normalized spacial score (nSPS) is 19.8. The van der Waals surface area contributed by atoms with Gasteiger partial charge in [0.15, 0.2) is 0 Å². The first-order chi connectivity index (χ1) is 12.5. The smallest absolute Gasteiger partial charge is 0.255 e. The van der Waals surface area contributed by atoms with Crippen LogP contribution in [-0.4, -0.2) is 28.3 Å². The second-order valence-electron chi connectivity index (χ2n) is 9.81. The van der Waals surface area contributed by atoms with Gasteiger partial charge in [-0.2, -0.15) is 5.10 Å². The highest BCUT2D eigenvalue weighted by atomic mass is 16.1. The van der Waals surface area contributed by atoms with Gasteiger partial charge in [-0.3, -0.25) is 9.48 Å². The Morgan fingerprint density at radius 1 is 1.22 bits per heavy atom. The molecular weight excluding hydrogens is 336 g/mol. The van der Waals surface area contributed by atoms with Gasteiger partial charge in [0.25, 0.3) is 5.91 Å². The van der Waals surface area contributed by atoms with E-state index >= 15 is 0 Å². The molecule has 1 heterocycles. The number of rotatable bonds is 5. The van der Waals surface area contributed by atoms with Gasteiger partial charge in [-0.1, -0.05) is 32.9 Å². The van der Waals surface area contributed by atoms with Crippen LogP contribution in [0.5, 0.6) is 0 Å². The van der Waals surface area contributed by atoms with Crippen molar-refractivity contribution in [3.05, 3.63) is 47.8 Å². The minimum absolute atomic E-state index is 0.0924. The maximum Gasteiger partial charge on any atom is 0.255 e. The van der Waals surface area contributed by atoms with Crippen molar-refractivity contribution in [3.8, 4) is 0 Å². The molecule has 0 aliphatic heterocycles. The molecule has 5 heteroatoms. The molecule has 3 rings (SSSR count). The third-order valence-electron chi connectivity index (χ3n) is 4.79. The lowest BCUT2D eigenvalue weighted by molar-refractivity contribution is 0.102. The lowest BCUT2D eigenvalue weighted by Crippen LogP contribution is -2.29. The van der Waals surface area contributed by atoms with Crippen LogP contribution in [0.15, 0.2) is 36.7 Å². The molecule has 1 aromatic carbocycles.